The van der Waals surface area contributed by atoms with Crippen molar-refractivity contribution in [1.82, 2.24) is 5.32 Å². The van der Waals surface area contributed by atoms with Crippen molar-refractivity contribution in [3.63, 3.8) is 0 Å². The van der Waals surface area contributed by atoms with Gasteiger partial charge in [0.15, 0.2) is 0 Å². The standard InChI is InChI=1S/C16H15F4N/c1-10-4-3-5-13(14(10)17)15(21-2)11-6-8-12(9-7-11)16(18,19)20/h3-9,15,21H,1-2H3. The highest BCUT2D eigenvalue weighted by atomic mass is 19.4. The first-order valence-electron chi connectivity index (χ1n) is 6.44. The van der Waals surface area contributed by atoms with Gasteiger partial charge in [-0.3, -0.25) is 0 Å². The third-order valence-corrected chi connectivity index (χ3v) is 3.39. The summed E-state index contributed by atoms with van der Waals surface area (Å²) in [5.74, 6) is -0.350. The topological polar surface area (TPSA) is 12.0 Å². The monoisotopic (exact) mass is 297 g/mol. The number of nitrogens with one attached hydrogen (secondary N) is 1. The Balaban J connectivity index is 2.40. The van der Waals surface area contributed by atoms with Gasteiger partial charge >= 0.3 is 6.18 Å². The molecule has 112 valence electrons. The van der Waals surface area contributed by atoms with Crippen LogP contribution in [-0.2, 0) is 6.18 Å². The second-order valence-corrected chi connectivity index (χ2v) is 4.82. The third kappa shape index (κ3) is 3.24. The maximum atomic E-state index is 14.2. The van der Waals surface area contributed by atoms with Crippen molar-refractivity contribution in [1.29, 1.82) is 0 Å². The van der Waals surface area contributed by atoms with E-state index in [4.69, 9.17) is 0 Å². The smallest absolute Gasteiger partial charge is 0.309 e. The first-order chi connectivity index (χ1) is 9.84. The zero-order chi connectivity index (χ0) is 15.6. The molecule has 1 N–H and O–H groups in total. The molecular weight excluding hydrogens is 282 g/mol. The Hall–Kier alpha value is -1.88. The van der Waals surface area contributed by atoms with E-state index in [-0.39, 0.29) is 5.82 Å². The SMILES string of the molecule is CNC(c1ccc(C(F)(F)F)cc1)c1cccc(C)c1F. The molecule has 0 bridgehead atoms. The molecule has 1 nitrogen and oxygen atoms in total. The Morgan fingerprint density at radius 3 is 2.14 bits per heavy atom. The van der Waals surface area contributed by atoms with Crippen LogP contribution in [0.25, 0.3) is 0 Å². The maximum Gasteiger partial charge on any atom is 0.416 e. The minimum atomic E-state index is -4.37. The zero-order valence-electron chi connectivity index (χ0n) is 11.6. The Bertz CT molecular complexity index is 617. The molecule has 2 aromatic rings. The van der Waals surface area contributed by atoms with Crippen LogP contribution in [0.2, 0.25) is 0 Å². The van der Waals surface area contributed by atoms with Crippen molar-refractivity contribution in [2.45, 2.75) is 19.1 Å². The molecule has 0 radical (unpaired) electrons. The van der Waals surface area contributed by atoms with Crippen LogP contribution in [-0.4, -0.2) is 7.05 Å². The van der Waals surface area contributed by atoms with E-state index in [9.17, 15) is 17.6 Å². The zero-order valence-corrected chi connectivity index (χ0v) is 11.6. The molecule has 0 amide bonds. The lowest BCUT2D eigenvalue weighted by atomic mass is 9.96. The first-order valence-corrected chi connectivity index (χ1v) is 6.44. The van der Waals surface area contributed by atoms with Gasteiger partial charge in [0.25, 0.3) is 0 Å². The van der Waals surface area contributed by atoms with Gasteiger partial charge in [0.05, 0.1) is 11.6 Å². The molecule has 0 aliphatic heterocycles. The summed E-state index contributed by atoms with van der Waals surface area (Å²) >= 11 is 0. The molecule has 21 heavy (non-hydrogen) atoms. The van der Waals surface area contributed by atoms with E-state index < -0.39 is 17.8 Å². The van der Waals surface area contributed by atoms with Crippen LogP contribution < -0.4 is 5.32 Å². The first kappa shape index (κ1) is 15.5. The number of hydrogen-bond donors (Lipinski definition) is 1. The predicted molar refractivity (Wildman–Crippen MR) is 73.5 cm³/mol. The van der Waals surface area contributed by atoms with Crippen LogP contribution in [0.15, 0.2) is 42.5 Å². The predicted octanol–water partition coefficient (Wildman–Crippen LogP) is 4.46. The highest BCUT2D eigenvalue weighted by molar-refractivity contribution is 5.36. The normalized spacial score (nSPS) is 13.2. The van der Waals surface area contributed by atoms with Crippen molar-refractivity contribution in [2.75, 3.05) is 7.05 Å². The van der Waals surface area contributed by atoms with E-state index in [1.165, 1.54) is 12.1 Å². The third-order valence-electron chi connectivity index (χ3n) is 3.39. The van der Waals surface area contributed by atoms with E-state index in [0.717, 1.165) is 12.1 Å². The molecular formula is C16H15F4N. The lowest BCUT2D eigenvalue weighted by Crippen LogP contribution is -2.19. The lowest BCUT2D eigenvalue weighted by Gasteiger charge is -2.19. The average molecular weight is 297 g/mol. The van der Waals surface area contributed by atoms with Crippen LogP contribution in [0.4, 0.5) is 17.6 Å². The number of benzene rings is 2. The second kappa shape index (κ2) is 5.85. The molecule has 2 aromatic carbocycles. The fraction of sp³-hybridized carbons (Fsp3) is 0.250. The maximum absolute atomic E-state index is 14.2. The van der Waals surface area contributed by atoms with Crippen molar-refractivity contribution in [3.05, 3.63) is 70.5 Å². The van der Waals surface area contributed by atoms with Crippen LogP contribution >= 0.6 is 0 Å². The van der Waals surface area contributed by atoms with Crippen molar-refractivity contribution in [2.24, 2.45) is 0 Å². The highest BCUT2D eigenvalue weighted by Gasteiger charge is 2.30. The van der Waals surface area contributed by atoms with Gasteiger partial charge in [-0.1, -0.05) is 30.3 Å². The number of rotatable bonds is 3. The number of hydrogen-bond acceptors (Lipinski definition) is 1. The molecule has 0 heterocycles. The minimum absolute atomic E-state index is 0.350. The van der Waals surface area contributed by atoms with E-state index >= 15 is 0 Å². The van der Waals surface area contributed by atoms with E-state index in [0.29, 0.717) is 16.7 Å². The van der Waals surface area contributed by atoms with Crippen LogP contribution in [0.3, 0.4) is 0 Å². The summed E-state index contributed by atoms with van der Waals surface area (Å²) in [6.45, 7) is 1.65. The fourth-order valence-corrected chi connectivity index (χ4v) is 2.26. The molecule has 0 aromatic heterocycles. The number of aryl methyl sites for hydroxylation is 1. The average Bonchev–Trinajstić information content (AvgIpc) is 2.44. The van der Waals surface area contributed by atoms with Gasteiger partial charge in [-0.2, -0.15) is 13.2 Å². The molecule has 0 spiro atoms. The Morgan fingerprint density at radius 1 is 1.00 bits per heavy atom. The summed E-state index contributed by atoms with van der Waals surface area (Å²) in [7, 11) is 1.64. The Kier molecular flexibility index (Phi) is 4.32. The van der Waals surface area contributed by atoms with Gasteiger partial charge in [-0.25, -0.2) is 4.39 Å². The molecule has 2 rings (SSSR count). The van der Waals surface area contributed by atoms with E-state index in [2.05, 4.69) is 5.32 Å². The van der Waals surface area contributed by atoms with E-state index in [1.54, 1.807) is 32.2 Å². The van der Waals surface area contributed by atoms with Crippen LogP contribution in [0.1, 0.15) is 28.3 Å². The largest absolute Gasteiger partial charge is 0.416 e. The van der Waals surface area contributed by atoms with Gasteiger partial charge in [0.1, 0.15) is 5.82 Å². The van der Waals surface area contributed by atoms with Gasteiger partial charge < -0.3 is 5.32 Å². The second-order valence-electron chi connectivity index (χ2n) is 4.82. The number of halogens is 4. The Labute approximate surface area is 120 Å². The molecule has 1 unspecified atom stereocenters. The highest BCUT2D eigenvalue weighted by Crippen LogP contribution is 2.31. The molecule has 0 saturated carbocycles. The lowest BCUT2D eigenvalue weighted by molar-refractivity contribution is -0.137. The number of alkyl halides is 3. The molecule has 0 fully saturated rings. The minimum Gasteiger partial charge on any atom is -0.309 e. The summed E-state index contributed by atoms with van der Waals surface area (Å²) in [6, 6.07) is 9.26. The summed E-state index contributed by atoms with van der Waals surface area (Å²) in [5.41, 5.74) is 0.776. The Morgan fingerprint density at radius 2 is 1.62 bits per heavy atom. The van der Waals surface area contributed by atoms with Crippen molar-refractivity contribution < 1.29 is 17.6 Å². The molecule has 0 saturated heterocycles. The molecule has 1 atom stereocenters. The van der Waals surface area contributed by atoms with Gasteiger partial charge in [0.2, 0.25) is 0 Å². The summed E-state index contributed by atoms with van der Waals surface area (Å²) in [6.07, 6.45) is -4.37. The molecule has 0 aliphatic carbocycles. The van der Waals surface area contributed by atoms with Crippen LogP contribution in [0, 0.1) is 12.7 Å². The van der Waals surface area contributed by atoms with Crippen molar-refractivity contribution >= 4 is 0 Å². The van der Waals surface area contributed by atoms with E-state index in [1.807, 2.05) is 0 Å². The van der Waals surface area contributed by atoms with Gasteiger partial charge in [-0.05, 0) is 37.2 Å². The van der Waals surface area contributed by atoms with Crippen LogP contribution in [0.5, 0.6) is 0 Å². The quantitative estimate of drug-likeness (QED) is 0.825. The van der Waals surface area contributed by atoms with Gasteiger partial charge in [0, 0.05) is 5.56 Å². The fourth-order valence-electron chi connectivity index (χ4n) is 2.26. The van der Waals surface area contributed by atoms with Gasteiger partial charge in [-0.15, -0.1) is 0 Å². The summed E-state index contributed by atoms with van der Waals surface area (Å²) < 4.78 is 51.9. The molecule has 0 aliphatic rings. The molecule has 5 heteroatoms. The summed E-state index contributed by atoms with van der Waals surface area (Å²) in [4.78, 5) is 0. The van der Waals surface area contributed by atoms with Crippen molar-refractivity contribution in [3.8, 4) is 0 Å². The summed E-state index contributed by atoms with van der Waals surface area (Å²) in [5, 5.41) is 2.94.